The number of likely N-dealkylation sites (N-methyl/N-ethyl adjacent to an activating group) is 1. The molecule has 3 aliphatic rings. The Morgan fingerprint density at radius 2 is 1.78 bits per heavy atom. The van der Waals surface area contributed by atoms with E-state index in [9.17, 15) is 10.1 Å². The standard InChI is InChI=1S/C29H38N8O4/c1-19-22(18-30)6-5-7-23(19)20(2)31-27-24(29-40-16-17-41-29)25(32-21(3)33-27)26(36-10-8-35(4)9-11-36)28(38)34-37-12-14-39-15-13-37/h5-7,16-17,20,26,29H,8-15H2,1-4H3,(H,34,38)(H,31,32,33)/t20-,26?/m1/s1. The van der Waals surface area contributed by atoms with E-state index < -0.39 is 12.3 Å². The molecular weight excluding hydrogens is 524 g/mol. The Morgan fingerprint density at radius 1 is 1.07 bits per heavy atom. The second-order valence-electron chi connectivity index (χ2n) is 10.6. The molecule has 12 heteroatoms. The van der Waals surface area contributed by atoms with Crippen molar-refractivity contribution in [3.8, 4) is 6.07 Å². The van der Waals surface area contributed by atoms with E-state index in [1.807, 2.05) is 44.0 Å². The number of nitrogens with one attached hydrogen (secondary N) is 2. The first-order chi connectivity index (χ1) is 19.9. The third kappa shape index (κ3) is 6.44. The van der Waals surface area contributed by atoms with E-state index in [1.54, 1.807) is 0 Å². The third-order valence-electron chi connectivity index (χ3n) is 7.79. The van der Waals surface area contributed by atoms with Crippen LogP contribution in [0.4, 0.5) is 5.82 Å². The number of ether oxygens (including phenoxy) is 3. The first-order valence-corrected chi connectivity index (χ1v) is 14.0. The number of rotatable bonds is 8. The van der Waals surface area contributed by atoms with Crippen LogP contribution in [0.5, 0.6) is 0 Å². The van der Waals surface area contributed by atoms with Crippen molar-refractivity contribution in [3.63, 3.8) is 0 Å². The average molecular weight is 563 g/mol. The largest absolute Gasteiger partial charge is 0.455 e. The van der Waals surface area contributed by atoms with E-state index in [2.05, 4.69) is 33.7 Å². The molecule has 5 rings (SSSR count). The normalized spacial score (nSPS) is 20.1. The van der Waals surface area contributed by atoms with E-state index >= 15 is 0 Å². The molecule has 0 aliphatic carbocycles. The van der Waals surface area contributed by atoms with Crippen LogP contribution in [-0.2, 0) is 19.0 Å². The number of aryl methyl sites for hydroxylation is 1. The molecule has 2 N–H and O–H groups in total. The predicted octanol–water partition coefficient (Wildman–Crippen LogP) is 2.31. The van der Waals surface area contributed by atoms with Gasteiger partial charge in [-0.25, -0.2) is 15.0 Å². The number of carbonyl (C=O) groups is 1. The second kappa shape index (κ2) is 12.8. The van der Waals surface area contributed by atoms with Crippen LogP contribution in [0.15, 0.2) is 30.7 Å². The highest BCUT2D eigenvalue weighted by Crippen LogP contribution is 2.38. The Balaban J connectivity index is 1.56. The van der Waals surface area contributed by atoms with Crippen LogP contribution in [0, 0.1) is 25.2 Å². The summed E-state index contributed by atoms with van der Waals surface area (Å²) in [6.07, 6.45) is 2.15. The number of morpholine rings is 1. The summed E-state index contributed by atoms with van der Waals surface area (Å²) >= 11 is 0. The number of aromatic nitrogens is 2. The Kier molecular flexibility index (Phi) is 8.99. The van der Waals surface area contributed by atoms with Crippen molar-refractivity contribution < 1.29 is 19.0 Å². The zero-order valence-electron chi connectivity index (χ0n) is 24.1. The van der Waals surface area contributed by atoms with Crippen LogP contribution in [-0.4, -0.2) is 90.2 Å². The third-order valence-corrected chi connectivity index (χ3v) is 7.79. The van der Waals surface area contributed by atoms with Gasteiger partial charge in [0.15, 0.2) is 0 Å². The van der Waals surface area contributed by atoms with Crippen LogP contribution >= 0.6 is 0 Å². The van der Waals surface area contributed by atoms with Gasteiger partial charge in [0.25, 0.3) is 12.2 Å². The summed E-state index contributed by atoms with van der Waals surface area (Å²) in [5.74, 6) is 0.872. The van der Waals surface area contributed by atoms with Gasteiger partial charge in [-0.05, 0) is 45.0 Å². The van der Waals surface area contributed by atoms with Crippen molar-refractivity contribution in [1.29, 1.82) is 5.26 Å². The first kappa shape index (κ1) is 28.8. The van der Waals surface area contributed by atoms with E-state index in [0.717, 1.165) is 24.2 Å². The van der Waals surface area contributed by atoms with Gasteiger partial charge in [0.2, 0.25) is 0 Å². The van der Waals surface area contributed by atoms with Crippen molar-refractivity contribution >= 4 is 11.7 Å². The lowest BCUT2D eigenvalue weighted by atomic mass is 9.97. The van der Waals surface area contributed by atoms with Gasteiger partial charge >= 0.3 is 0 Å². The molecule has 0 radical (unpaired) electrons. The summed E-state index contributed by atoms with van der Waals surface area (Å²) in [7, 11) is 2.08. The fourth-order valence-electron chi connectivity index (χ4n) is 5.49. The van der Waals surface area contributed by atoms with E-state index in [1.165, 1.54) is 12.5 Å². The molecule has 1 unspecified atom stereocenters. The zero-order chi connectivity index (χ0) is 28.9. The van der Waals surface area contributed by atoms with Crippen molar-refractivity contribution in [2.75, 3.05) is 64.8 Å². The summed E-state index contributed by atoms with van der Waals surface area (Å²) in [6.45, 7) is 11.2. The van der Waals surface area contributed by atoms with Crippen LogP contribution in [0.2, 0.25) is 0 Å². The molecule has 3 aliphatic heterocycles. The summed E-state index contributed by atoms with van der Waals surface area (Å²) in [5, 5.41) is 15.0. The first-order valence-electron chi connectivity index (χ1n) is 14.0. The molecule has 4 heterocycles. The number of amides is 1. The highest BCUT2D eigenvalue weighted by Gasteiger charge is 2.38. The zero-order valence-corrected chi connectivity index (χ0v) is 24.1. The number of piperazine rings is 1. The van der Waals surface area contributed by atoms with Gasteiger partial charge in [0.1, 0.15) is 30.2 Å². The van der Waals surface area contributed by atoms with E-state index in [0.29, 0.717) is 67.9 Å². The number of anilines is 1. The number of nitrogens with zero attached hydrogens (tertiary/aromatic N) is 6. The van der Waals surface area contributed by atoms with Crippen LogP contribution in [0.3, 0.4) is 0 Å². The maximum atomic E-state index is 14.1. The predicted molar refractivity (Wildman–Crippen MR) is 151 cm³/mol. The lowest BCUT2D eigenvalue weighted by Gasteiger charge is -2.39. The number of nitriles is 1. The van der Waals surface area contributed by atoms with E-state index in [-0.39, 0.29) is 11.9 Å². The summed E-state index contributed by atoms with van der Waals surface area (Å²) < 4.78 is 17.2. The molecule has 0 spiro atoms. The van der Waals surface area contributed by atoms with Gasteiger partial charge in [-0.3, -0.25) is 15.1 Å². The fourth-order valence-corrected chi connectivity index (χ4v) is 5.49. The quantitative estimate of drug-likeness (QED) is 0.492. The van der Waals surface area contributed by atoms with Gasteiger partial charge in [0, 0.05) is 39.3 Å². The molecule has 41 heavy (non-hydrogen) atoms. The molecule has 1 amide bonds. The molecule has 0 saturated carbocycles. The number of hydrogen-bond donors (Lipinski definition) is 2. The Bertz CT molecular complexity index is 1310. The monoisotopic (exact) mass is 562 g/mol. The Hall–Kier alpha value is -3.76. The topological polar surface area (TPSA) is 128 Å². The molecule has 2 aromatic rings. The van der Waals surface area contributed by atoms with Gasteiger partial charge in [-0.15, -0.1) is 0 Å². The molecule has 1 aromatic carbocycles. The smallest absolute Gasteiger partial charge is 0.271 e. The molecule has 0 bridgehead atoms. The van der Waals surface area contributed by atoms with Gasteiger partial charge in [-0.1, -0.05) is 12.1 Å². The number of benzene rings is 1. The SMILES string of the molecule is Cc1nc(N[C@H](C)c2cccc(C#N)c2C)c(C2OC=CO2)c(C(C(=O)NN2CCOCC2)N2CCN(C)CC2)n1. The molecular formula is C29H38N8O4. The molecule has 2 saturated heterocycles. The molecule has 218 valence electrons. The minimum Gasteiger partial charge on any atom is -0.455 e. The summed E-state index contributed by atoms with van der Waals surface area (Å²) in [4.78, 5) is 28.1. The number of hydrazine groups is 1. The minimum atomic E-state index is -0.821. The van der Waals surface area contributed by atoms with Crippen LogP contribution < -0.4 is 10.7 Å². The molecule has 1 aromatic heterocycles. The van der Waals surface area contributed by atoms with Gasteiger partial charge in [0.05, 0.1) is 42.1 Å². The van der Waals surface area contributed by atoms with Gasteiger partial charge < -0.3 is 24.4 Å². The van der Waals surface area contributed by atoms with Crippen molar-refractivity contribution in [2.45, 2.75) is 39.1 Å². The second-order valence-corrected chi connectivity index (χ2v) is 10.6. The molecule has 12 nitrogen and oxygen atoms in total. The number of carbonyl (C=O) groups excluding carboxylic acids is 1. The Morgan fingerprint density at radius 3 is 2.46 bits per heavy atom. The van der Waals surface area contributed by atoms with Crippen LogP contribution in [0.25, 0.3) is 0 Å². The maximum Gasteiger partial charge on any atom is 0.271 e. The lowest BCUT2D eigenvalue weighted by Crippen LogP contribution is -2.55. The lowest BCUT2D eigenvalue weighted by molar-refractivity contribution is -0.134. The highest BCUT2D eigenvalue weighted by atomic mass is 16.7. The van der Waals surface area contributed by atoms with Crippen molar-refractivity contribution in [3.05, 3.63) is 64.5 Å². The fraction of sp³-hybridized carbons (Fsp3) is 0.517. The average Bonchev–Trinajstić information content (AvgIpc) is 3.49. The van der Waals surface area contributed by atoms with E-state index in [4.69, 9.17) is 24.2 Å². The summed E-state index contributed by atoms with van der Waals surface area (Å²) in [6, 6.07) is 7.04. The van der Waals surface area contributed by atoms with Crippen LogP contribution in [0.1, 0.15) is 59.1 Å². The Labute approximate surface area is 240 Å². The van der Waals surface area contributed by atoms with Crippen molar-refractivity contribution in [2.24, 2.45) is 0 Å². The number of hydrogen-bond acceptors (Lipinski definition) is 11. The van der Waals surface area contributed by atoms with Gasteiger partial charge in [-0.2, -0.15) is 5.26 Å². The molecule has 2 fully saturated rings. The van der Waals surface area contributed by atoms with Crippen molar-refractivity contribution in [1.82, 2.24) is 30.2 Å². The minimum absolute atomic E-state index is 0.168. The molecule has 2 atom stereocenters. The summed E-state index contributed by atoms with van der Waals surface area (Å²) in [5.41, 5.74) is 6.73. The highest BCUT2D eigenvalue weighted by molar-refractivity contribution is 5.83. The maximum absolute atomic E-state index is 14.1.